The lowest BCUT2D eigenvalue weighted by Crippen LogP contribution is -2.60. The average molecular weight is 838 g/mol. The minimum atomic E-state index is -1.37. The summed E-state index contributed by atoms with van der Waals surface area (Å²) in [6, 6.07) is 9.95. The van der Waals surface area contributed by atoms with Gasteiger partial charge in [-0.2, -0.15) is 11.8 Å². The molecule has 6 atom stereocenters. The number of aromatic amines is 1. The third kappa shape index (κ3) is 17.3. The van der Waals surface area contributed by atoms with Crippen LogP contribution in [0.3, 0.4) is 0 Å². The zero-order valence-corrected chi connectivity index (χ0v) is 33.7. The minimum absolute atomic E-state index is 0.00677. The number of carboxylic acid groups (broad SMARTS) is 2. The molecule has 19 heteroatoms. The van der Waals surface area contributed by atoms with E-state index < -0.39 is 84.1 Å². The zero-order valence-electron chi connectivity index (χ0n) is 32.9. The first-order chi connectivity index (χ1) is 28.3. The Labute approximate surface area is 346 Å². The lowest BCUT2D eigenvalue weighted by atomic mass is 10.0. The predicted octanol–water partition coefficient (Wildman–Crippen LogP) is 0.0204. The smallest absolute Gasteiger partial charge is 0.326 e. The summed E-state index contributed by atoms with van der Waals surface area (Å²) in [4.78, 5) is 99.2. The van der Waals surface area contributed by atoms with Crippen LogP contribution in [0.4, 0.5) is 0 Å². The first kappa shape index (κ1) is 47.6. The van der Waals surface area contributed by atoms with Crippen LogP contribution in [0.25, 0.3) is 0 Å². The van der Waals surface area contributed by atoms with E-state index in [1.807, 2.05) is 6.26 Å². The summed E-state index contributed by atoms with van der Waals surface area (Å²) in [5.41, 5.74) is 13.5. The number of H-pyrrole nitrogens is 1. The summed E-state index contributed by atoms with van der Waals surface area (Å²) in [5, 5.41) is 32.4. The molecule has 0 unspecified atom stereocenters. The van der Waals surface area contributed by atoms with Crippen LogP contribution in [0.15, 0.2) is 73.2 Å². The normalized spacial score (nSPS) is 14.0. The molecule has 3 rings (SSSR count). The summed E-state index contributed by atoms with van der Waals surface area (Å²) >= 11 is 1.48. The van der Waals surface area contributed by atoms with Crippen molar-refractivity contribution in [2.45, 2.75) is 94.0 Å². The molecule has 1 heterocycles. The van der Waals surface area contributed by atoms with E-state index >= 15 is 0 Å². The van der Waals surface area contributed by atoms with Crippen molar-refractivity contribution in [3.05, 3.63) is 90.0 Å². The molecule has 0 fully saturated rings. The highest BCUT2D eigenvalue weighted by Gasteiger charge is 2.33. The van der Waals surface area contributed by atoms with Gasteiger partial charge in [0.25, 0.3) is 0 Å². The van der Waals surface area contributed by atoms with E-state index in [0.29, 0.717) is 48.4 Å². The molecule has 1 aromatic heterocycles. The molecule has 3 aromatic rings. The number of unbranched alkanes of at least 4 members (excludes halogenated alkanes) is 1. The quantitative estimate of drug-likeness (QED) is 0.0454. The van der Waals surface area contributed by atoms with Gasteiger partial charge >= 0.3 is 11.9 Å². The molecule has 0 radical (unpaired) electrons. The van der Waals surface area contributed by atoms with Crippen molar-refractivity contribution in [1.82, 2.24) is 36.6 Å². The number of nitrogens with one attached hydrogen (secondary N) is 6. The Morgan fingerprint density at radius 1 is 0.661 bits per heavy atom. The zero-order chi connectivity index (χ0) is 43.2. The number of amides is 5. The third-order valence-corrected chi connectivity index (χ3v) is 9.90. The molecule has 0 aliphatic rings. The largest absolute Gasteiger partial charge is 0.481 e. The van der Waals surface area contributed by atoms with Crippen LogP contribution in [0.5, 0.6) is 0 Å². The van der Waals surface area contributed by atoms with Crippen molar-refractivity contribution >= 4 is 53.2 Å². The fourth-order valence-corrected chi connectivity index (χ4v) is 6.47. The summed E-state index contributed by atoms with van der Waals surface area (Å²) in [6.45, 7) is 0.315. The van der Waals surface area contributed by atoms with Crippen molar-refractivity contribution in [2.75, 3.05) is 18.6 Å². The monoisotopic (exact) mass is 837 g/mol. The Morgan fingerprint density at radius 2 is 1.15 bits per heavy atom. The van der Waals surface area contributed by atoms with E-state index in [0.717, 1.165) is 0 Å². The van der Waals surface area contributed by atoms with Crippen LogP contribution in [0.2, 0.25) is 0 Å². The van der Waals surface area contributed by atoms with Crippen molar-refractivity contribution in [2.24, 2.45) is 11.5 Å². The third-order valence-electron chi connectivity index (χ3n) is 9.25. The number of aliphatic carboxylic acids is 2. The van der Waals surface area contributed by atoms with E-state index in [1.54, 1.807) is 60.7 Å². The first-order valence-electron chi connectivity index (χ1n) is 19.3. The Kier molecular flexibility index (Phi) is 20.6. The van der Waals surface area contributed by atoms with Crippen molar-refractivity contribution in [1.29, 1.82) is 0 Å². The van der Waals surface area contributed by atoms with E-state index in [9.17, 15) is 43.8 Å². The highest BCUT2D eigenvalue weighted by atomic mass is 32.2. The van der Waals surface area contributed by atoms with Gasteiger partial charge in [0.15, 0.2) is 0 Å². The number of aromatic nitrogens is 2. The fraction of sp³-hybridized carbons (Fsp3) is 0.450. The van der Waals surface area contributed by atoms with Crippen LogP contribution in [-0.2, 0) is 52.8 Å². The van der Waals surface area contributed by atoms with Gasteiger partial charge in [-0.1, -0.05) is 60.7 Å². The van der Waals surface area contributed by atoms with Gasteiger partial charge in [0.1, 0.15) is 30.2 Å². The summed E-state index contributed by atoms with van der Waals surface area (Å²) in [7, 11) is 0. The molecular weight excluding hydrogens is 783 g/mol. The number of hydrogen-bond donors (Lipinski definition) is 10. The van der Waals surface area contributed by atoms with Crippen LogP contribution in [0.1, 0.15) is 55.3 Å². The molecule has 0 aliphatic heterocycles. The van der Waals surface area contributed by atoms with E-state index in [4.69, 9.17) is 11.5 Å². The second kappa shape index (κ2) is 25.5. The standard InChI is InChI=1S/C40H55N9O9S/c1-59-19-17-28(42)35(52)45-30(15-16-34(50)51)37(54)48-32(22-27-23-43-24-44-27)39(56)47-31(20-25-10-4-2-5-11-25)38(55)46-29(14-8-9-18-41)36(53)49-33(40(57)58)21-26-12-6-3-7-13-26/h2-7,10-13,23-24,28-33H,8-9,14-22,41-42H2,1H3,(H,43,44)(H,45,52)(H,46,55)(H,47,56)(H,48,54)(H,49,53)(H,50,51)(H,57,58)/t28-,29+,30-,31-,32-,33-/m0/s1. The number of carbonyl (C=O) groups excluding carboxylic acids is 5. The lowest BCUT2D eigenvalue weighted by molar-refractivity contribution is -0.142. The Balaban J connectivity index is 1.89. The predicted molar refractivity (Wildman–Crippen MR) is 221 cm³/mol. The maximum atomic E-state index is 14.2. The molecule has 2 aromatic carbocycles. The van der Waals surface area contributed by atoms with E-state index in [1.165, 1.54) is 24.3 Å². The number of nitrogens with zero attached hydrogens (tertiary/aromatic N) is 1. The minimum Gasteiger partial charge on any atom is -0.481 e. The topological polar surface area (TPSA) is 301 Å². The SMILES string of the molecule is CSCC[C@H](N)C(=O)N[C@@H](CCC(=O)O)C(=O)N[C@@H](Cc1cnc[nH]1)C(=O)N[C@@H](Cc1ccccc1)C(=O)N[C@H](CCCCN)C(=O)N[C@@H](Cc1ccccc1)C(=O)O. The number of hydrogen-bond acceptors (Lipinski definition) is 11. The second-order valence-corrected chi connectivity index (χ2v) is 14.9. The maximum absolute atomic E-state index is 14.2. The fourth-order valence-electron chi connectivity index (χ4n) is 5.98. The molecule has 0 aliphatic carbocycles. The van der Waals surface area contributed by atoms with Crippen LogP contribution < -0.4 is 38.1 Å². The molecule has 0 bridgehead atoms. The Hall–Kier alpha value is -5.79. The number of carbonyl (C=O) groups is 7. The van der Waals surface area contributed by atoms with Gasteiger partial charge in [-0.15, -0.1) is 0 Å². The van der Waals surface area contributed by atoms with Crippen molar-refractivity contribution in [3.63, 3.8) is 0 Å². The lowest BCUT2D eigenvalue weighted by Gasteiger charge is -2.27. The highest BCUT2D eigenvalue weighted by molar-refractivity contribution is 7.98. The van der Waals surface area contributed by atoms with Gasteiger partial charge in [-0.25, -0.2) is 9.78 Å². The number of benzene rings is 2. The van der Waals surface area contributed by atoms with Gasteiger partial charge in [0, 0.05) is 37.6 Å². The Morgan fingerprint density at radius 3 is 1.66 bits per heavy atom. The van der Waals surface area contributed by atoms with Gasteiger partial charge in [0.05, 0.1) is 12.4 Å². The summed E-state index contributed by atoms with van der Waals surface area (Å²) in [5.74, 6) is -5.76. The first-order valence-corrected chi connectivity index (χ1v) is 20.7. The van der Waals surface area contributed by atoms with Crippen molar-refractivity contribution < 1.29 is 43.8 Å². The molecular formula is C40H55N9O9S. The molecule has 320 valence electrons. The molecule has 18 nitrogen and oxygen atoms in total. The maximum Gasteiger partial charge on any atom is 0.326 e. The van der Waals surface area contributed by atoms with Gasteiger partial charge in [0.2, 0.25) is 29.5 Å². The average Bonchev–Trinajstić information content (AvgIpc) is 3.74. The van der Waals surface area contributed by atoms with Crippen LogP contribution in [-0.4, -0.2) is 116 Å². The number of carboxylic acids is 2. The van der Waals surface area contributed by atoms with Crippen molar-refractivity contribution in [3.8, 4) is 0 Å². The molecule has 0 saturated carbocycles. The molecule has 5 amide bonds. The second-order valence-electron chi connectivity index (χ2n) is 13.9. The van der Waals surface area contributed by atoms with E-state index in [2.05, 4.69) is 36.6 Å². The molecule has 12 N–H and O–H groups in total. The van der Waals surface area contributed by atoms with E-state index in [-0.39, 0.29) is 32.1 Å². The van der Waals surface area contributed by atoms with Crippen LogP contribution >= 0.6 is 11.8 Å². The summed E-state index contributed by atoms with van der Waals surface area (Å²) in [6.07, 6.45) is 5.02. The highest BCUT2D eigenvalue weighted by Crippen LogP contribution is 2.11. The number of imidazole rings is 1. The Bertz CT molecular complexity index is 1800. The van der Waals surface area contributed by atoms with Gasteiger partial charge in [-0.05, 0) is 61.8 Å². The summed E-state index contributed by atoms with van der Waals surface area (Å²) < 4.78 is 0. The number of rotatable bonds is 27. The molecule has 0 spiro atoms. The van der Waals surface area contributed by atoms with Crippen LogP contribution in [0, 0.1) is 0 Å². The molecule has 59 heavy (non-hydrogen) atoms. The van der Waals surface area contributed by atoms with Gasteiger partial charge in [-0.3, -0.25) is 28.8 Å². The molecule has 0 saturated heterocycles. The van der Waals surface area contributed by atoms with Gasteiger partial charge < -0.3 is 53.2 Å². The number of thioether (sulfide) groups is 1. The number of nitrogens with two attached hydrogens (primary N) is 2.